The Kier molecular flexibility index (Phi) is 4.46. The first-order valence-electron chi connectivity index (χ1n) is 7.73. The van der Waals surface area contributed by atoms with Crippen molar-refractivity contribution in [3.8, 4) is 0 Å². The number of likely N-dealkylation sites (N-methyl/N-ethyl adjacent to an activating group) is 1. The lowest BCUT2D eigenvalue weighted by atomic mass is 10.2. The molecule has 1 saturated heterocycles. The molecule has 1 aliphatic heterocycles. The molecular formula is C16H17N5O4. The van der Waals surface area contributed by atoms with Gasteiger partial charge in [0.1, 0.15) is 12.6 Å². The first-order chi connectivity index (χ1) is 12.0. The molecule has 1 fully saturated rings. The summed E-state index contributed by atoms with van der Waals surface area (Å²) in [6, 6.07) is 8.75. The molecule has 1 unspecified atom stereocenters. The number of aromatic carboxylic acids is 1. The molecule has 25 heavy (non-hydrogen) atoms. The zero-order valence-electron chi connectivity index (χ0n) is 13.6. The van der Waals surface area contributed by atoms with Gasteiger partial charge in [-0.05, 0) is 18.6 Å². The second-order valence-electron chi connectivity index (χ2n) is 5.74. The number of amides is 2. The molecule has 2 heterocycles. The van der Waals surface area contributed by atoms with E-state index < -0.39 is 12.0 Å². The first kappa shape index (κ1) is 16.6. The highest BCUT2D eigenvalue weighted by Gasteiger charge is 2.37. The summed E-state index contributed by atoms with van der Waals surface area (Å²) in [6.07, 6.45) is 1.72. The largest absolute Gasteiger partial charge is 0.476 e. The van der Waals surface area contributed by atoms with E-state index in [9.17, 15) is 14.4 Å². The number of hydrogen-bond donors (Lipinski definition) is 1. The van der Waals surface area contributed by atoms with E-state index in [-0.39, 0.29) is 24.1 Å². The van der Waals surface area contributed by atoms with Crippen LogP contribution in [-0.4, -0.2) is 62.4 Å². The van der Waals surface area contributed by atoms with E-state index in [1.54, 1.807) is 11.9 Å². The lowest BCUT2D eigenvalue weighted by Crippen LogP contribution is -2.44. The molecule has 0 aliphatic carbocycles. The summed E-state index contributed by atoms with van der Waals surface area (Å²) in [6.45, 7) is 0.365. The second-order valence-corrected chi connectivity index (χ2v) is 5.74. The summed E-state index contributed by atoms with van der Waals surface area (Å²) in [5, 5.41) is 15.9. The van der Waals surface area contributed by atoms with E-state index in [2.05, 4.69) is 10.3 Å². The molecule has 1 N–H and O–H groups in total. The van der Waals surface area contributed by atoms with Crippen LogP contribution in [0.4, 0.5) is 5.69 Å². The topological polar surface area (TPSA) is 109 Å². The van der Waals surface area contributed by atoms with Crippen molar-refractivity contribution in [1.29, 1.82) is 0 Å². The minimum absolute atomic E-state index is 0.133. The minimum atomic E-state index is -1.21. The van der Waals surface area contributed by atoms with E-state index >= 15 is 0 Å². The van der Waals surface area contributed by atoms with Gasteiger partial charge in [0, 0.05) is 19.3 Å². The Balaban J connectivity index is 1.66. The molecule has 2 aromatic rings. The molecule has 1 aromatic carbocycles. The Morgan fingerprint density at radius 3 is 2.68 bits per heavy atom. The fourth-order valence-corrected chi connectivity index (χ4v) is 2.79. The molecule has 2 amide bonds. The molecule has 0 bridgehead atoms. The van der Waals surface area contributed by atoms with Gasteiger partial charge in [-0.2, -0.15) is 0 Å². The number of anilines is 1. The van der Waals surface area contributed by atoms with Gasteiger partial charge in [-0.1, -0.05) is 23.4 Å². The van der Waals surface area contributed by atoms with Gasteiger partial charge in [0.2, 0.25) is 11.8 Å². The number of benzene rings is 1. The molecular weight excluding hydrogens is 326 g/mol. The van der Waals surface area contributed by atoms with Gasteiger partial charge in [-0.3, -0.25) is 9.59 Å². The van der Waals surface area contributed by atoms with Crippen molar-refractivity contribution in [1.82, 2.24) is 19.9 Å². The van der Waals surface area contributed by atoms with Crippen LogP contribution < -0.4 is 4.90 Å². The predicted octanol–water partition coefficient (Wildman–Crippen LogP) is 0.240. The third kappa shape index (κ3) is 3.35. The average Bonchev–Trinajstić information content (AvgIpc) is 3.22. The zero-order chi connectivity index (χ0) is 18.0. The lowest BCUT2D eigenvalue weighted by molar-refractivity contribution is -0.137. The van der Waals surface area contributed by atoms with Crippen LogP contribution >= 0.6 is 0 Å². The third-order valence-corrected chi connectivity index (χ3v) is 4.16. The van der Waals surface area contributed by atoms with Crippen molar-refractivity contribution in [2.75, 3.05) is 18.5 Å². The summed E-state index contributed by atoms with van der Waals surface area (Å²) in [5.74, 6) is -1.68. The Labute approximate surface area is 143 Å². The number of aromatic nitrogens is 3. The summed E-state index contributed by atoms with van der Waals surface area (Å²) in [7, 11) is 1.56. The summed E-state index contributed by atoms with van der Waals surface area (Å²) >= 11 is 0. The normalized spacial score (nSPS) is 16.9. The van der Waals surface area contributed by atoms with Crippen LogP contribution in [0.5, 0.6) is 0 Å². The van der Waals surface area contributed by atoms with Crippen LogP contribution in [0, 0.1) is 0 Å². The van der Waals surface area contributed by atoms with Gasteiger partial charge in [-0.25, -0.2) is 9.48 Å². The van der Waals surface area contributed by atoms with Crippen molar-refractivity contribution < 1.29 is 19.5 Å². The van der Waals surface area contributed by atoms with Crippen molar-refractivity contribution in [3.63, 3.8) is 0 Å². The van der Waals surface area contributed by atoms with Gasteiger partial charge in [-0.15, -0.1) is 5.10 Å². The minimum Gasteiger partial charge on any atom is -0.476 e. The quantitative estimate of drug-likeness (QED) is 0.833. The van der Waals surface area contributed by atoms with Crippen molar-refractivity contribution >= 4 is 23.5 Å². The molecule has 3 rings (SSSR count). The fraction of sp³-hybridized carbons (Fsp3) is 0.312. The van der Waals surface area contributed by atoms with E-state index in [4.69, 9.17) is 5.11 Å². The predicted molar refractivity (Wildman–Crippen MR) is 87.0 cm³/mol. The number of nitrogens with zero attached hydrogens (tertiary/aromatic N) is 5. The van der Waals surface area contributed by atoms with E-state index in [1.807, 2.05) is 30.3 Å². The maximum Gasteiger partial charge on any atom is 0.358 e. The standard InChI is InChI=1S/C16H17N5O4/c1-19(14(22)10-20-9-12(16(24)25)17-18-20)13-7-8-21(15(13)23)11-5-3-2-4-6-11/h2-6,9,13H,7-8,10H2,1H3,(H,24,25). The Bertz CT molecular complexity index is 804. The van der Waals surface area contributed by atoms with Crippen molar-refractivity contribution in [3.05, 3.63) is 42.2 Å². The molecule has 130 valence electrons. The van der Waals surface area contributed by atoms with Crippen LogP contribution in [0.3, 0.4) is 0 Å². The van der Waals surface area contributed by atoms with Gasteiger partial charge < -0.3 is 14.9 Å². The van der Waals surface area contributed by atoms with E-state index in [0.29, 0.717) is 13.0 Å². The Morgan fingerprint density at radius 1 is 1.32 bits per heavy atom. The smallest absolute Gasteiger partial charge is 0.358 e. The molecule has 0 radical (unpaired) electrons. The number of carbonyl (C=O) groups is 3. The molecule has 1 atom stereocenters. The molecule has 1 aliphatic rings. The average molecular weight is 343 g/mol. The third-order valence-electron chi connectivity index (χ3n) is 4.16. The summed E-state index contributed by atoms with van der Waals surface area (Å²) in [5.41, 5.74) is 0.570. The van der Waals surface area contributed by atoms with E-state index in [0.717, 1.165) is 10.4 Å². The molecule has 1 aromatic heterocycles. The van der Waals surface area contributed by atoms with Crippen molar-refractivity contribution in [2.24, 2.45) is 0 Å². The number of hydrogen-bond acceptors (Lipinski definition) is 5. The molecule has 0 spiro atoms. The highest BCUT2D eigenvalue weighted by atomic mass is 16.4. The summed E-state index contributed by atoms with van der Waals surface area (Å²) < 4.78 is 1.15. The number of carboxylic acid groups (broad SMARTS) is 1. The second kappa shape index (κ2) is 6.71. The Morgan fingerprint density at radius 2 is 2.04 bits per heavy atom. The number of para-hydroxylation sites is 1. The van der Waals surface area contributed by atoms with Gasteiger partial charge in [0.25, 0.3) is 0 Å². The number of carboxylic acids is 1. The monoisotopic (exact) mass is 343 g/mol. The zero-order valence-corrected chi connectivity index (χ0v) is 13.6. The van der Waals surface area contributed by atoms with Crippen LogP contribution in [0.2, 0.25) is 0 Å². The number of carbonyl (C=O) groups excluding carboxylic acids is 2. The number of rotatable bonds is 5. The van der Waals surface area contributed by atoms with Crippen molar-refractivity contribution in [2.45, 2.75) is 19.0 Å². The lowest BCUT2D eigenvalue weighted by Gasteiger charge is -2.24. The van der Waals surface area contributed by atoms with Crippen LogP contribution in [0.1, 0.15) is 16.9 Å². The highest BCUT2D eigenvalue weighted by molar-refractivity contribution is 6.01. The van der Waals surface area contributed by atoms with Crippen LogP contribution in [0.25, 0.3) is 0 Å². The van der Waals surface area contributed by atoms with Gasteiger partial charge >= 0.3 is 5.97 Å². The van der Waals surface area contributed by atoms with Gasteiger partial charge in [0.05, 0.1) is 6.20 Å². The molecule has 9 nitrogen and oxygen atoms in total. The maximum absolute atomic E-state index is 12.6. The van der Waals surface area contributed by atoms with Crippen LogP contribution in [-0.2, 0) is 16.1 Å². The van der Waals surface area contributed by atoms with Gasteiger partial charge in [0.15, 0.2) is 5.69 Å². The Hall–Kier alpha value is -3.23. The van der Waals surface area contributed by atoms with E-state index in [1.165, 1.54) is 11.1 Å². The SMILES string of the molecule is CN(C(=O)Cn1cc(C(=O)O)nn1)C1CCN(c2ccccc2)C1=O. The molecule has 9 heteroatoms. The maximum atomic E-state index is 12.6. The molecule has 0 saturated carbocycles. The summed E-state index contributed by atoms with van der Waals surface area (Å²) in [4.78, 5) is 38.8. The fourth-order valence-electron chi connectivity index (χ4n) is 2.79. The highest BCUT2D eigenvalue weighted by Crippen LogP contribution is 2.23. The first-order valence-corrected chi connectivity index (χ1v) is 7.73. The van der Waals surface area contributed by atoms with Crippen LogP contribution in [0.15, 0.2) is 36.5 Å².